The van der Waals surface area contributed by atoms with E-state index in [0.29, 0.717) is 17.0 Å². The van der Waals surface area contributed by atoms with Crippen LogP contribution in [0.15, 0.2) is 70.9 Å². The summed E-state index contributed by atoms with van der Waals surface area (Å²) in [6.07, 6.45) is 3.19. The maximum absolute atomic E-state index is 15.1. The predicted molar refractivity (Wildman–Crippen MR) is 124 cm³/mol. The van der Waals surface area contributed by atoms with Crippen LogP contribution in [0.3, 0.4) is 0 Å². The van der Waals surface area contributed by atoms with Crippen molar-refractivity contribution in [3.63, 3.8) is 0 Å². The number of fused-ring (bicyclic) bond motifs is 1. The molecule has 0 amide bonds. The highest BCUT2D eigenvalue weighted by Crippen LogP contribution is 2.44. The number of nitrogens with zero attached hydrogens (tertiary/aromatic N) is 4. The number of amidine groups is 1. The molecule has 2 aromatic carbocycles. The van der Waals surface area contributed by atoms with Crippen LogP contribution in [0.2, 0.25) is 0 Å². The van der Waals surface area contributed by atoms with Crippen LogP contribution in [0.5, 0.6) is 5.75 Å². The van der Waals surface area contributed by atoms with Crippen molar-refractivity contribution in [1.82, 2.24) is 9.88 Å². The first-order valence-corrected chi connectivity index (χ1v) is 10.7. The van der Waals surface area contributed by atoms with E-state index < -0.39 is 22.8 Å². The van der Waals surface area contributed by atoms with Gasteiger partial charge in [0.1, 0.15) is 17.3 Å². The van der Waals surface area contributed by atoms with Crippen molar-refractivity contribution in [3.05, 3.63) is 83.7 Å². The molecule has 0 saturated carbocycles. The lowest BCUT2D eigenvalue weighted by Gasteiger charge is -2.37. The van der Waals surface area contributed by atoms with Gasteiger partial charge in [0.05, 0.1) is 20.2 Å². The van der Waals surface area contributed by atoms with Crippen LogP contribution < -0.4 is 10.5 Å². The maximum Gasteiger partial charge on any atom is 0.198 e. The predicted octanol–water partition coefficient (Wildman–Crippen LogP) is 4.05. The molecule has 0 fully saturated rings. The molecular formula is C25H22F3N5O. The number of nitrogens with two attached hydrogens (primary N) is 1. The van der Waals surface area contributed by atoms with Gasteiger partial charge in [-0.2, -0.15) is 0 Å². The molecule has 0 radical (unpaired) electrons. The Kier molecular flexibility index (Phi) is 5.07. The van der Waals surface area contributed by atoms with Gasteiger partial charge in [0, 0.05) is 23.5 Å². The third kappa shape index (κ3) is 3.30. The van der Waals surface area contributed by atoms with E-state index in [1.807, 2.05) is 0 Å². The smallest absolute Gasteiger partial charge is 0.198 e. The summed E-state index contributed by atoms with van der Waals surface area (Å²) in [6.45, 7) is 1.36. The number of aromatic nitrogens is 1. The third-order valence-corrected chi connectivity index (χ3v) is 6.14. The number of methoxy groups -OCH3 is 1. The monoisotopic (exact) mass is 465 g/mol. The van der Waals surface area contributed by atoms with Gasteiger partial charge >= 0.3 is 0 Å². The largest absolute Gasteiger partial charge is 0.494 e. The molecule has 2 unspecified atom stereocenters. The van der Waals surface area contributed by atoms with E-state index >= 15 is 8.78 Å². The summed E-state index contributed by atoms with van der Waals surface area (Å²) in [6, 6.07) is 12.4. The highest BCUT2D eigenvalue weighted by molar-refractivity contribution is 6.12. The lowest BCUT2D eigenvalue weighted by Crippen LogP contribution is -2.53. The van der Waals surface area contributed by atoms with Crippen LogP contribution in [0, 0.1) is 11.6 Å². The van der Waals surface area contributed by atoms with E-state index in [4.69, 9.17) is 15.5 Å². The number of halogens is 3. The van der Waals surface area contributed by atoms with Gasteiger partial charge in [-0.1, -0.05) is 18.2 Å². The Hall–Kier alpha value is -3.88. The van der Waals surface area contributed by atoms with E-state index in [2.05, 4.69) is 9.98 Å². The van der Waals surface area contributed by atoms with E-state index in [-0.39, 0.29) is 35.9 Å². The second-order valence-corrected chi connectivity index (χ2v) is 8.57. The third-order valence-electron chi connectivity index (χ3n) is 6.14. The fourth-order valence-corrected chi connectivity index (χ4v) is 4.54. The van der Waals surface area contributed by atoms with Gasteiger partial charge in [0.25, 0.3) is 0 Å². The lowest BCUT2D eigenvalue weighted by molar-refractivity contribution is 0.166. The molecule has 0 spiro atoms. The molecule has 9 heteroatoms. The minimum Gasteiger partial charge on any atom is -0.494 e. The highest BCUT2D eigenvalue weighted by Gasteiger charge is 2.52. The SMILES string of the molecule is COc1cccc(-c2cc(C3(c4ccncc4)N=C(N)N4CC(C)(F)CN=C43)ccc2F)c1F. The van der Waals surface area contributed by atoms with Gasteiger partial charge in [0.2, 0.25) is 0 Å². The number of aliphatic imine (C=N–C) groups is 2. The molecule has 174 valence electrons. The summed E-state index contributed by atoms with van der Waals surface area (Å²) < 4.78 is 50.0. The molecule has 2 atom stereocenters. The normalized spacial score (nSPS) is 23.9. The second kappa shape index (κ2) is 7.86. The standard InChI is InChI=1S/C25H22F3N5O/c1-24(28)13-31-22-25(15-8-10-30-11-9-15,32-23(29)33(22)14-24)16-6-7-19(26)18(12-16)17-4-3-5-20(34-2)21(17)27/h3-12H,13-14H2,1-2H3,(H2,29,32). The zero-order chi connectivity index (χ0) is 24.1. The van der Waals surface area contributed by atoms with E-state index in [1.165, 1.54) is 38.3 Å². The fraction of sp³-hybridized carbons (Fsp3) is 0.240. The van der Waals surface area contributed by atoms with Gasteiger partial charge in [-0.3, -0.25) is 14.9 Å². The Morgan fingerprint density at radius 3 is 2.53 bits per heavy atom. The van der Waals surface area contributed by atoms with Crippen molar-refractivity contribution < 1.29 is 17.9 Å². The van der Waals surface area contributed by atoms with Crippen molar-refractivity contribution in [1.29, 1.82) is 0 Å². The summed E-state index contributed by atoms with van der Waals surface area (Å²) in [5.41, 5.74) is 4.64. The summed E-state index contributed by atoms with van der Waals surface area (Å²) in [5.74, 6) is -0.778. The second-order valence-electron chi connectivity index (χ2n) is 8.57. The van der Waals surface area contributed by atoms with Crippen LogP contribution in [-0.2, 0) is 5.54 Å². The molecule has 2 aliphatic rings. The number of hydrogen-bond acceptors (Lipinski definition) is 6. The lowest BCUT2D eigenvalue weighted by atomic mass is 9.81. The average Bonchev–Trinajstić information content (AvgIpc) is 3.12. The summed E-state index contributed by atoms with van der Waals surface area (Å²) in [4.78, 5) is 14.9. The molecule has 1 aromatic heterocycles. The Labute approximate surface area is 194 Å². The Balaban J connectivity index is 1.76. The van der Waals surface area contributed by atoms with Crippen LogP contribution in [0.25, 0.3) is 11.1 Å². The minimum atomic E-state index is -1.59. The molecule has 5 rings (SSSR count). The highest BCUT2D eigenvalue weighted by atomic mass is 19.1. The van der Waals surface area contributed by atoms with Crippen LogP contribution in [0.1, 0.15) is 18.1 Å². The Morgan fingerprint density at radius 2 is 1.79 bits per heavy atom. The molecule has 0 bridgehead atoms. The van der Waals surface area contributed by atoms with Crippen LogP contribution in [0.4, 0.5) is 13.2 Å². The molecule has 2 N–H and O–H groups in total. The van der Waals surface area contributed by atoms with Gasteiger partial charge < -0.3 is 10.5 Å². The van der Waals surface area contributed by atoms with Crippen LogP contribution in [-0.4, -0.2) is 47.5 Å². The van der Waals surface area contributed by atoms with Gasteiger partial charge in [-0.25, -0.2) is 18.2 Å². The molecule has 3 aromatic rings. The van der Waals surface area contributed by atoms with Crippen molar-refractivity contribution in [2.75, 3.05) is 20.2 Å². The van der Waals surface area contributed by atoms with Gasteiger partial charge in [-0.05, 0) is 48.4 Å². The van der Waals surface area contributed by atoms with Gasteiger partial charge in [-0.15, -0.1) is 0 Å². The number of rotatable bonds is 4. The number of hydrogen-bond donors (Lipinski definition) is 1. The first-order valence-electron chi connectivity index (χ1n) is 10.7. The zero-order valence-corrected chi connectivity index (χ0v) is 18.6. The van der Waals surface area contributed by atoms with Crippen molar-refractivity contribution in [2.45, 2.75) is 18.1 Å². The number of guanidine groups is 1. The maximum atomic E-state index is 15.1. The summed E-state index contributed by atoms with van der Waals surface area (Å²) in [5, 5.41) is 0. The van der Waals surface area contributed by atoms with Gasteiger partial charge in [0.15, 0.2) is 23.1 Å². The number of benzene rings is 2. The molecule has 2 aliphatic heterocycles. The van der Waals surface area contributed by atoms with Crippen molar-refractivity contribution in [2.24, 2.45) is 15.7 Å². The first-order chi connectivity index (χ1) is 16.3. The number of alkyl halides is 1. The van der Waals surface area contributed by atoms with Crippen molar-refractivity contribution in [3.8, 4) is 16.9 Å². The van der Waals surface area contributed by atoms with E-state index in [1.54, 1.807) is 41.6 Å². The number of pyridine rings is 1. The molecular weight excluding hydrogens is 443 g/mol. The fourth-order valence-electron chi connectivity index (χ4n) is 4.54. The van der Waals surface area contributed by atoms with E-state index in [0.717, 1.165) is 0 Å². The van der Waals surface area contributed by atoms with Crippen LogP contribution >= 0.6 is 0 Å². The average molecular weight is 465 g/mol. The molecule has 0 aliphatic carbocycles. The Morgan fingerprint density at radius 1 is 1.03 bits per heavy atom. The minimum absolute atomic E-state index is 0.000608. The zero-order valence-electron chi connectivity index (χ0n) is 18.6. The molecule has 34 heavy (non-hydrogen) atoms. The quantitative estimate of drug-likeness (QED) is 0.631. The topological polar surface area (TPSA) is 76.1 Å². The molecule has 0 saturated heterocycles. The van der Waals surface area contributed by atoms with E-state index in [9.17, 15) is 4.39 Å². The summed E-state index contributed by atoms with van der Waals surface area (Å²) >= 11 is 0. The summed E-state index contributed by atoms with van der Waals surface area (Å²) in [7, 11) is 1.35. The first kappa shape index (κ1) is 21.9. The van der Waals surface area contributed by atoms with Crippen molar-refractivity contribution >= 4 is 11.8 Å². The number of ether oxygens (including phenoxy) is 1. The molecule has 3 heterocycles. The Bertz CT molecular complexity index is 1330. The molecule has 6 nitrogen and oxygen atoms in total.